The second-order valence-corrected chi connectivity index (χ2v) is 4.47. The van der Waals surface area contributed by atoms with Crippen molar-refractivity contribution in [3.63, 3.8) is 0 Å². The van der Waals surface area contributed by atoms with Crippen LogP contribution in [0.4, 0.5) is 0 Å². The molecule has 17 heavy (non-hydrogen) atoms. The molecule has 0 saturated heterocycles. The van der Waals surface area contributed by atoms with E-state index in [2.05, 4.69) is 25.7 Å². The SMILES string of the molecule is CCC(C)COc1ccc(C#CCCCl)cc1. The summed E-state index contributed by atoms with van der Waals surface area (Å²) in [6.45, 7) is 5.13. The molecule has 1 aromatic carbocycles. The third kappa shape index (κ3) is 5.65. The van der Waals surface area contributed by atoms with Gasteiger partial charge in [-0.25, -0.2) is 0 Å². The van der Waals surface area contributed by atoms with E-state index in [1.165, 1.54) is 0 Å². The molecule has 0 aliphatic heterocycles. The molecule has 92 valence electrons. The predicted molar refractivity (Wildman–Crippen MR) is 73.6 cm³/mol. The Morgan fingerprint density at radius 3 is 2.59 bits per heavy atom. The molecule has 1 nitrogen and oxygen atoms in total. The van der Waals surface area contributed by atoms with Crippen molar-refractivity contribution in [3.05, 3.63) is 29.8 Å². The molecule has 1 aromatic rings. The number of ether oxygens (including phenoxy) is 1. The van der Waals surface area contributed by atoms with E-state index in [0.717, 1.165) is 30.8 Å². The molecule has 0 amide bonds. The molecule has 0 aliphatic rings. The van der Waals surface area contributed by atoms with Gasteiger partial charge in [-0.1, -0.05) is 32.1 Å². The normalized spacial score (nSPS) is 11.5. The summed E-state index contributed by atoms with van der Waals surface area (Å²) in [5.74, 6) is 8.16. The van der Waals surface area contributed by atoms with Gasteiger partial charge >= 0.3 is 0 Å². The van der Waals surface area contributed by atoms with Crippen LogP contribution in [0.5, 0.6) is 5.75 Å². The van der Waals surface area contributed by atoms with E-state index in [4.69, 9.17) is 16.3 Å². The molecule has 1 atom stereocenters. The van der Waals surface area contributed by atoms with E-state index in [9.17, 15) is 0 Å². The third-order valence-corrected chi connectivity index (χ3v) is 2.73. The zero-order valence-electron chi connectivity index (χ0n) is 10.5. The van der Waals surface area contributed by atoms with Crippen LogP contribution in [0, 0.1) is 17.8 Å². The van der Waals surface area contributed by atoms with Crippen molar-refractivity contribution < 1.29 is 4.74 Å². The zero-order valence-corrected chi connectivity index (χ0v) is 11.3. The Labute approximate surface area is 109 Å². The molecule has 0 saturated carbocycles. The van der Waals surface area contributed by atoms with Gasteiger partial charge in [0.15, 0.2) is 0 Å². The highest BCUT2D eigenvalue weighted by molar-refractivity contribution is 6.18. The highest BCUT2D eigenvalue weighted by Crippen LogP contribution is 2.13. The van der Waals surface area contributed by atoms with Crippen molar-refractivity contribution in [2.24, 2.45) is 5.92 Å². The van der Waals surface area contributed by atoms with Gasteiger partial charge in [-0.3, -0.25) is 0 Å². The summed E-state index contributed by atoms with van der Waals surface area (Å²) in [6.07, 6.45) is 1.87. The van der Waals surface area contributed by atoms with Crippen LogP contribution in [0.25, 0.3) is 0 Å². The van der Waals surface area contributed by atoms with Crippen LogP contribution >= 0.6 is 11.6 Å². The highest BCUT2D eigenvalue weighted by atomic mass is 35.5. The fourth-order valence-electron chi connectivity index (χ4n) is 1.20. The van der Waals surface area contributed by atoms with Crippen LogP contribution in [-0.4, -0.2) is 12.5 Å². The molecule has 1 rings (SSSR count). The zero-order chi connectivity index (χ0) is 12.5. The smallest absolute Gasteiger partial charge is 0.119 e. The van der Waals surface area contributed by atoms with Crippen LogP contribution in [-0.2, 0) is 0 Å². The lowest BCUT2D eigenvalue weighted by Crippen LogP contribution is -2.06. The number of halogens is 1. The second kappa shape index (κ2) is 8.03. The molecule has 0 spiro atoms. The summed E-state index contributed by atoms with van der Waals surface area (Å²) in [6, 6.07) is 7.89. The first-order valence-corrected chi connectivity index (χ1v) is 6.57. The molecule has 0 aromatic heterocycles. The molecule has 0 radical (unpaired) electrons. The van der Waals surface area contributed by atoms with Gasteiger partial charge in [0.05, 0.1) is 6.61 Å². The minimum Gasteiger partial charge on any atom is -0.493 e. The van der Waals surface area contributed by atoms with Crippen molar-refractivity contribution in [3.8, 4) is 17.6 Å². The molecule has 0 heterocycles. The molecule has 0 aliphatic carbocycles. The lowest BCUT2D eigenvalue weighted by Gasteiger charge is -2.10. The number of hydrogen-bond donors (Lipinski definition) is 0. The fraction of sp³-hybridized carbons (Fsp3) is 0.467. The first kappa shape index (κ1) is 13.9. The van der Waals surface area contributed by atoms with Gasteiger partial charge in [0.25, 0.3) is 0 Å². The van der Waals surface area contributed by atoms with Gasteiger partial charge in [-0.15, -0.1) is 11.6 Å². The first-order chi connectivity index (χ1) is 8.26. The maximum absolute atomic E-state index is 5.67. The monoisotopic (exact) mass is 250 g/mol. The van der Waals surface area contributed by atoms with Gasteiger partial charge in [0, 0.05) is 17.9 Å². The Morgan fingerprint density at radius 2 is 2.00 bits per heavy atom. The van der Waals surface area contributed by atoms with Crippen molar-refractivity contribution in [1.82, 2.24) is 0 Å². The van der Waals surface area contributed by atoms with Crippen molar-refractivity contribution >= 4 is 11.6 Å². The Morgan fingerprint density at radius 1 is 1.29 bits per heavy atom. The van der Waals surface area contributed by atoms with E-state index in [0.29, 0.717) is 11.8 Å². The molecule has 0 fully saturated rings. The number of alkyl halides is 1. The molecule has 2 heteroatoms. The summed E-state index contributed by atoms with van der Waals surface area (Å²) in [7, 11) is 0. The quantitative estimate of drug-likeness (QED) is 0.565. The minimum absolute atomic E-state index is 0.586. The summed E-state index contributed by atoms with van der Waals surface area (Å²) in [5.41, 5.74) is 1.01. The molecular formula is C15H19ClO. The molecule has 0 bridgehead atoms. The predicted octanol–water partition coefficient (Wildman–Crippen LogP) is 4.09. The lowest BCUT2D eigenvalue weighted by molar-refractivity contribution is 0.256. The third-order valence-electron chi connectivity index (χ3n) is 2.54. The Kier molecular flexibility index (Phi) is 6.58. The van der Waals surface area contributed by atoms with E-state index < -0.39 is 0 Å². The van der Waals surface area contributed by atoms with Gasteiger partial charge in [0.2, 0.25) is 0 Å². The Hall–Kier alpha value is -1.13. The minimum atomic E-state index is 0.586. The van der Waals surface area contributed by atoms with Gasteiger partial charge < -0.3 is 4.74 Å². The van der Waals surface area contributed by atoms with Crippen molar-refractivity contribution in [1.29, 1.82) is 0 Å². The summed E-state index contributed by atoms with van der Waals surface area (Å²) >= 11 is 5.56. The summed E-state index contributed by atoms with van der Waals surface area (Å²) in [5, 5.41) is 0. The van der Waals surface area contributed by atoms with E-state index in [1.807, 2.05) is 24.3 Å². The standard InChI is InChI=1S/C15H19ClO/c1-3-13(2)12-17-15-9-7-14(8-10-15)6-4-5-11-16/h7-10,13H,3,5,11-12H2,1-2H3. The largest absolute Gasteiger partial charge is 0.493 e. The lowest BCUT2D eigenvalue weighted by atomic mass is 10.1. The van der Waals surface area contributed by atoms with Crippen molar-refractivity contribution in [2.75, 3.05) is 12.5 Å². The van der Waals surface area contributed by atoms with E-state index >= 15 is 0 Å². The molecule has 1 unspecified atom stereocenters. The number of benzene rings is 1. The molecular weight excluding hydrogens is 232 g/mol. The Bertz CT molecular complexity index is 372. The van der Waals surface area contributed by atoms with E-state index in [1.54, 1.807) is 0 Å². The topological polar surface area (TPSA) is 9.23 Å². The maximum Gasteiger partial charge on any atom is 0.119 e. The molecule has 0 N–H and O–H groups in total. The maximum atomic E-state index is 5.67. The summed E-state index contributed by atoms with van der Waals surface area (Å²) in [4.78, 5) is 0. The fourth-order valence-corrected chi connectivity index (χ4v) is 1.30. The number of hydrogen-bond acceptors (Lipinski definition) is 1. The van der Waals surface area contributed by atoms with E-state index in [-0.39, 0.29) is 0 Å². The summed E-state index contributed by atoms with van der Waals surface area (Å²) < 4.78 is 5.67. The van der Waals surface area contributed by atoms with Crippen molar-refractivity contribution in [2.45, 2.75) is 26.7 Å². The second-order valence-electron chi connectivity index (χ2n) is 4.09. The number of rotatable bonds is 5. The highest BCUT2D eigenvalue weighted by Gasteiger charge is 1.99. The average molecular weight is 251 g/mol. The van der Waals surface area contributed by atoms with Crippen LogP contribution in [0.15, 0.2) is 24.3 Å². The van der Waals surface area contributed by atoms with Crippen LogP contribution in [0.1, 0.15) is 32.3 Å². The van der Waals surface area contributed by atoms with Crippen LogP contribution in [0.2, 0.25) is 0 Å². The van der Waals surface area contributed by atoms with Gasteiger partial charge in [-0.05, 0) is 30.2 Å². The average Bonchev–Trinajstić information content (AvgIpc) is 2.37. The van der Waals surface area contributed by atoms with Crippen LogP contribution in [0.3, 0.4) is 0 Å². The van der Waals surface area contributed by atoms with Crippen LogP contribution < -0.4 is 4.74 Å². The first-order valence-electron chi connectivity index (χ1n) is 6.04. The Balaban J connectivity index is 2.48. The van der Waals surface area contributed by atoms with Gasteiger partial charge in [0.1, 0.15) is 5.75 Å². The van der Waals surface area contributed by atoms with Gasteiger partial charge in [-0.2, -0.15) is 0 Å².